The van der Waals surface area contributed by atoms with Crippen molar-refractivity contribution in [1.29, 1.82) is 0 Å². The summed E-state index contributed by atoms with van der Waals surface area (Å²) in [5.41, 5.74) is 2.91. The normalized spacial score (nSPS) is 15.0. The van der Waals surface area contributed by atoms with Crippen LogP contribution in [0.25, 0.3) is 10.9 Å². The summed E-state index contributed by atoms with van der Waals surface area (Å²) in [6.45, 7) is 1.86. The average molecular weight is 306 g/mol. The largest absolute Gasteiger partial charge is 0.478 e. The number of aromatic carboxylic acids is 1. The van der Waals surface area contributed by atoms with E-state index in [9.17, 15) is 9.90 Å². The molecule has 1 heterocycles. The standard InChI is InChI=1S/C14H12BrNO2/c1-7-11(14(17)18)12-9(15)3-2-4-10(12)16-13(7)8-5-6-8/h2-4,8H,5-6H2,1H3,(H,17,18). The highest BCUT2D eigenvalue weighted by Gasteiger charge is 2.30. The van der Waals surface area contributed by atoms with Gasteiger partial charge in [-0.15, -0.1) is 0 Å². The van der Waals surface area contributed by atoms with Gasteiger partial charge in [-0.3, -0.25) is 4.98 Å². The van der Waals surface area contributed by atoms with Crippen LogP contribution in [-0.2, 0) is 0 Å². The van der Waals surface area contributed by atoms with Gasteiger partial charge in [-0.1, -0.05) is 22.0 Å². The average Bonchev–Trinajstić information content (AvgIpc) is 3.13. The van der Waals surface area contributed by atoms with Crippen molar-refractivity contribution in [1.82, 2.24) is 4.98 Å². The first-order valence-electron chi connectivity index (χ1n) is 5.91. The van der Waals surface area contributed by atoms with Crippen LogP contribution in [0.2, 0.25) is 0 Å². The summed E-state index contributed by atoms with van der Waals surface area (Å²) in [6, 6.07) is 5.61. The first kappa shape index (κ1) is 11.7. The second-order valence-corrected chi connectivity index (χ2v) is 5.56. The molecule has 0 spiro atoms. The molecule has 18 heavy (non-hydrogen) atoms. The monoisotopic (exact) mass is 305 g/mol. The third kappa shape index (κ3) is 1.72. The summed E-state index contributed by atoms with van der Waals surface area (Å²) in [5, 5.41) is 10.2. The van der Waals surface area contributed by atoms with Crippen molar-refractivity contribution in [3.63, 3.8) is 0 Å². The fraction of sp³-hybridized carbons (Fsp3) is 0.286. The van der Waals surface area contributed by atoms with Crippen LogP contribution in [0.3, 0.4) is 0 Å². The van der Waals surface area contributed by atoms with Gasteiger partial charge in [0, 0.05) is 21.5 Å². The van der Waals surface area contributed by atoms with E-state index >= 15 is 0 Å². The SMILES string of the molecule is Cc1c(C2CC2)nc2cccc(Br)c2c1C(=O)O. The van der Waals surface area contributed by atoms with E-state index in [2.05, 4.69) is 20.9 Å². The number of nitrogens with zero attached hydrogens (tertiary/aromatic N) is 1. The molecule has 1 aliphatic carbocycles. The predicted octanol–water partition coefficient (Wildman–Crippen LogP) is 3.88. The fourth-order valence-corrected chi connectivity index (χ4v) is 2.96. The summed E-state index contributed by atoms with van der Waals surface area (Å²) in [6.07, 6.45) is 2.23. The van der Waals surface area contributed by atoms with Gasteiger partial charge in [0.05, 0.1) is 11.1 Å². The Bertz CT molecular complexity index is 662. The van der Waals surface area contributed by atoms with Gasteiger partial charge >= 0.3 is 5.97 Å². The minimum atomic E-state index is -0.881. The van der Waals surface area contributed by atoms with Gasteiger partial charge in [-0.05, 0) is 37.5 Å². The van der Waals surface area contributed by atoms with E-state index in [0.717, 1.165) is 34.1 Å². The molecule has 0 radical (unpaired) electrons. The number of hydrogen-bond acceptors (Lipinski definition) is 2. The van der Waals surface area contributed by atoms with E-state index in [0.29, 0.717) is 16.9 Å². The number of benzene rings is 1. The maximum atomic E-state index is 11.5. The van der Waals surface area contributed by atoms with Crippen molar-refractivity contribution >= 4 is 32.8 Å². The zero-order chi connectivity index (χ0) is 12.9. The molecule has 1 aromatic heterocycles. The van der Waals surface area contributed by atoms with Crippen LogP contribution in [0.1, 0.15) is 40.4 Å². The molecule has 0 aliphatic heterocycles. The molecule has 0 bridgehead atoms. The van der Waals surface area contributed by atoms with Crippen LogP contribution >= 0.6 is 15.9 Å². The third-order valence-corrected chi connectivity index (χ3v) is 4.08. The number of hydrogen-bond donors (Lipinski definition) is 1. The Balaban J connectivity index is 2.43. The van der Waals surface area contributed by atoms with Crippen molar-refractivity contribution in [2.24, 2.45) is 0 Å². The van der Waals surface area contributed by atoms with E-state index in [1.165, 1.54) is 0 Å². The van der Waals surface area contributed by atoms with Gasteiger partial charge in [0.15, 0.2) is 0 Å². The second-order valence-electron chi connectivity index (χ2n) is 4.71. The van der Waals surface area contributed by atoms with Crippen LogP contribution < -0.4 is 0 Å². The Morgan fingerprint density at radius 2 is 2.17 bits per heavy atom. The number of aromatic nitrogens is 1. The molecular formula is C14H12BrNO2. The first-order chi connectivity index (χ1) is 8.59. The molecule has 1 fully saturated rings. The number of halogens is 1. The van der Waals surface area contributed by atoms with Crippen LogP contribution in [0.4, 0.5) is 0 Å². The van der Waals surface area contributed by atoms with Crippen molar-refractivity contribution < 1.29 is 9.90 Å². The Morgan fingerprint density at radius 3 is 2.78 bits per heavy atom. The Kier molecular flexibility index (Phi) is 2.63. The molecule has 92 valence electrons. The van der Waals surface area contributed by atoms with Crippen LogP contribution in [0.15, 0.2) is 22.7 Å². The third-order valence-electron chi connectivity index (χ3n) is 3.42. The number of fused-ring (bicyclic) bond motifs is 1. The first-order valence-corrected chi connectivity index (χ1v) is 6.71. The van der Waals surface area contributed by atoms with Gasteiger partial charge < -0.3 is 5.11 Å². The Hall–Kier alpha value is -1.42. The highest BCUT2D eigenvalue weighted by Crippen LogP contribution is 2.43. The number of carboxylic acid groups (broad SMARTS) is 1. The smallest absolute Gasteiger partial charge is 0.336 e. The number of pyridine rings is 1. The number of carboxylic acids is 1. The second kappa shape index (κ2) is 4.05. The minimum Gasteiger partial charge on any atom is -0.478 e. The lowest BCUT2D eigenvalue weighted by atomic mass is 9.99. The minimum absolute atomic E-state index is 0.384. The van der Waals surface area contributed by atoms with E-state index in [1.807, 2.05) is 25.1 Å². The predicted molar refractivity (Wildman–Crippen MR) is 73.1 cm³/mol. The maximum Gasteiger partial charge on any atom is 0.336 e. The molecule has 2 aromatic rings. The molecule has 1 saturated carbocycles. The van der Waals surface area contributed by atoms with E-state index < -0.39 is 5.97 Å². The van der Waals surface area contributed by atoms with Gasteiger partial charge in [0.25, 0.3) is 0 Å². The van der Waals surface area contributed by atoms with Gasteiger partial charge in [0.2, 0.25) is 0 Å². The maximum absolute atomic E-state index is 11.5. The van der Waals surface area contributed by atoms with Gasteiger partial charge in [-0.25, -0.2) is 4.79 Å². The molecule has 0 unspecified atom stereocenters. The zero-order valence-corrected chi connectivity index (χ0v) is 11.5. The summed E-state index contributed by atoms with van der Waals surface area (Å²) in [5.74, 6) is -0.430. The van der Waals surface area contributed by atoms with Crippen LogP contribution in [-0.4, -0.2) is 16.1 Å². The van der Waals surface area contributed by atoms with E-state index in [4.69, 9.17) is 0 Å². The molecule has 1 aromatic carbocycles. The summed E-state index contributed by atoms with van der Waals surface area (Å²) >= 11 is 3.42. The lowest BCUT2D eigenvalue weighted by Gasteiger charge is -2.12. The van der Waals surface area contributed by atoms with Crippen molar-refractivity contribution in [3.8, 4) is 0 Å². The fourth-order valence-electron chi connectivity index (χ4n) is 2.40. The Labute approximate surface area is 113 Å². The lowest BCUT2D eigenvalue weighted by Crippen LogP contribution is -2.06. The summed E-state index contributed by atoms with van der Waals surface area (Å²) < 4.78 is 0.787. The summed E-state index contributed by atoms with van der Waals surface area (Å²) in [7, 11) is 0. The summed E-state index contributed by atoms with van der Waals surface area (Å²) in [4.78, 5) is 16.2. The Morgan fingerprint density at radius 1 is 1.44 bits per heavy atom. The van der Waals surface area contributed by atoms with E-state index in [-0.39, 0.29) is 0 Å². The van der Waals surface area contributed by atoms with Crippen molar-refractivity contribution in [2.45, 2.75) is 25.7 Å². The zero-order valence-electron chi connectivity index (χ0n) is 9.90. The quantitative estimate of drug-likeness (QED) is 0.916. The molecule has 4 heteroatoms. The molecule has 0 saturated heterocycles. The molecule has 0 amide bonds. The van der Waals surface area contributed by atoms with Crippen molar-refractivity contribution in [3.05, 3.63) is 39.5 Å². The number of carbonyl (C=O) groups is 1. The van der Waals surface area contributed by atoms with Crippen LogP contribution in [0.5, 0.6) is 0 Å². The highest BCUT2D eigenvalue weighted by atomic mass is 79.9. The molecule has 1 aliphatic rings. The van der Waals surface area contributed by atoms with Crippen LogP contribution in [0, 0.1) is 6.92 Å². The van der Waals surface area contributed by atoms with Gasteiger partial charge in [-0.2, -0.15) is 0 Å². The molecule has 3 nitrogen and oxygen atoms in total. The molecular weight excluding hydrogens is 294 g/mol. The molecule has 3 rings (SSSR count). The highest BCUT2D eigenvalue weighted by molar-refractivity contribution is 9.10. The molecule has 0 atom stereocenters. The lowest BCUT2D eigenvalue weighted by molar-refractivity contribution is 0.0698. The van der Waals surface area contributed by atoms with Crippen molar-refractivity contribution in [2.75, 3.05) is 0 Å². The number of rotatable bonds is 2. The van der Waals surface area contributed by atoms with E-state index in [1.54, 1.807) is 0 Å². The van der Waals surface area contributed by atoms with Gasteiger partial charge in [0.1, 0.15) is 0 Å². The topological polar surface area (TPSA) is 50.2 Å². The molecule has 1 N–H and O–H groups in total.